The molecule has 0 aliphatic carbocycles. The topological polar surface area (TPSA) is 177 Å². The van der Waals surface area contributed by atoms with E-state index in [4.69, 9.17) is 28.4 Å². The van der Waals surface area contributed by atoms with Gasteiger partial charge in [-0.15, -0.1) is 0 Å². The molecule has 660 valence electrons. The van der Waals surface area contributed by atoms with Crippen LogP contribution in [0.15, 0.2) is 146 Å². The molecule has 6 aromatic rings. The average molecular weight is 1610 g/mol. The molecular formula is C104H172O12. The summed E-state index contributed by atoms with van der Waals surface area (Å²) in [7, 11) is 0. The minimum atomic E-state index is -0.402. The predicted octanol–water partition coefficient (Wildman–Crippen LogP) is 26.8. The van der Waals surface area contributed by atoms with Crippen LogP contribution in [0, 0.1) is 47.3 Å². The van der Waals surface area contributed by atoms with Crippen molar-refractivity contribution in [1.82, 2.24) is 0 Å². The smallest absolute Gasteiger partial charge is 0.119 e. The fraction of sp³-hybridized carbons (Fsp3) is 0.654. The Balaban J connectivity index is 0.000000697. The van der Waals surface area contributed by atoms with Crippen LogP contribution in [0.4, 0.5) is 0 Å². The summed E-state index contributed by atoms with van der Waals surface area (Å²) in [6.07, 6.45) is 27.8. The van der Waals surface area contributed by atoms with E-state index in [9.17, 15) is 30.6 Å². The van der Waals surface area contributed by atoms with Crippen LogP contribution in [0.1, 0.15) is 338 Å². The number of ether oxygens (including phenoxy) is 6. The highest BCUT2D eigenvalue weighted by Gasteiger charge is 2.19. The van der Waals surface area contributed by atoms with Crippen molar-refractivity contribution in [1.29, 1.82) is 0 Å². The highest BCUT2D eigenvalue weighted by atomic mass is 16.5. The van der Waals surface area contributed by atoms with E-state index < -0.39 is 12.2 Å². The Bertz CT molecular complexity index is 3080. The zero-order valence-corrected chi connectivity index (χ0v) is 77.1. The summed E-state index contributed by atoms with van der Waals surface area (Å²) in [6.45, 7) is 47.7. The van der Waals surface area contributed by atoms with E-state index >= 15 is 0 Å². The average Bonchev–Trinajstić information content (AvgIpc) is 0.896. The highest BCUT2D eigenvalue weighted by Crippen LogP contribution is 2.31. The van der Waals surface area contributed by atoms with Gasteiger partial charge < -0.3 is 59.1 Å². The third-order valence-corrected chi connectivity index (χ3v) is 22.7. The quantitative estimate of drug-likeness (QED) is 0.0213. The number of hydrogen-bond donors (Lipinski definition) is 6. The van der Waals surface area contributed by atoms with Crippen molar-refractivity contribution < 1.29 is 59.1 Å². The predicted molar refractivity (Wildman–Crippen MR) is 493 cm³/mol. The van der Waals surface area contributed by atoms with E-state index in [0.717, 1.165) is 185 Å². The molecule has 12 heteroatoms. The second kappa shape index (κ2) is 68.6. The summed E-state index contributed by atoms with van der Waals surface area (Å²) in [4.78, 5) is 0. The molecule has 116 heavy (non-hydrogen) atoms. The van der Waals surface area contributed by atoms with Crippen molar-refractivity contribution in [3.05, 3.63) is 179 Å². The van der Waals surface area contributed by atoms with Crippen molar-refractivity contribution in [2.75, 3.05) is 39.6 Å². The molecule has 0 saturated heterocycles. The number of rotatable bonds is 54. The van der Waals surface area contributed by atoms with E-state index in [1.807, 2.05) is 149 Å². The molecule has 0 radical (unpaired) electrons. The molecular weight excluding hydrogens is 1440 g/mol. The van der Waals surface area contributed by atoms with Gasteiger partial charge in [0.1, 0.15) is 34.5 Å². The third kappa shape index (κ3) is 49.4. The fourth-order valence-corrected chi connectivity index (χ4v) is 13.6. The van der Waals surface area contributed by atoms with Crippen LogP contribution in [0.25, 0.3) is 0 Å². The van der Waals surface area contributed by atoms with Crippen molar-refractivity contribution in [3.63, 3.8) is 0 Å². The molecule has 0 saturated carbocycles. The Kier molecular flexibility index (Phi) is 63.8. The SMILES string of the molecule is CCC(CC)COc1cccc(C[C@@H](O)CC)c1.CCC(CC)COc1cccc(C[C@H](O)CC)c1.CCC(CC)COc1cccc([C@H](O)[C@H](C)CC)c1.CCCC(CCC)COc1cccc(C[C@@H](O)CC)c1.CCCC(CCC)COc1cccc(C[C@H](O)CC)c1.CCCC(CCC)COc1cccc([C@H](O)[C@H](C)CC)c1. The molecule has 0 aliphatic rings. The minimum absolute atomic E-state index is 0.251. The van der Waals surface area contributed by atoms with Crippen molar-refractivity contribution in [2.24, 2.45) is 47.3 Å². The molecule has 0 unspecified atom stereocenters. The van der Waals surface area contributed by atoms with Gasteiger partial charge >= 0.3 is 0 Å². The Morgan fingerprint density at radius 2 is 0.414 bits per heavy atom. The first-order valence-corrected chi connectivity index (χ1v) is 46.4. The first-order chi connectivity index (χ1) is 56.0. The normalized spacial score (nSPS) is 13.2. The van der Waals surface area contributed by atoms with Gasteiger partial charge in [-0.2, -0.15) is 0 Å². The van der Waals surface area contributed by atoms with Crippen LogP contribution in [0.2, 0.25) is 0 Å². The molecule has 0 heterocycles. The lowest BCUT2D eigenvalue weighted by molar-refractivity contribution is 0.115. The number of aliphatic hydroxyl groups is 6. The van der Waals surface area contributed by atoms with E-state index in [1.165, 1.54) is 77.0 Å². The van der Waals surface area contributed by atoms with Gasteiger partial charge in [0.05, 0.1) is 76.3 Å². The highest BCUT2D eigenvalue weighted by molar-refractivity contribution is 5.34. The van der Waals surface area contributed by atoms with Gasteiger partial charge in [-0.25, -0.2) is 0 Å². The Labute approximate surface area is 710 Å². The molecule has 0 fully saturated rings. The summed E-state index contributed by atoms with van der Waals surface area (Å²) in [5.74, 6) is 9.85. The van der Waals surface area contributed by atoms with Crippen LogP contribution in [-0.2, 0) is 25.7 Å². The van der Waals surface area contributed by atoms with Crippen LogP contribution in [0.3, 0.4) is 0 Å². The first kappa shape index (κ1) is 108. The second-order valence-corrected chi connectivity index (χ2v) is 32.7. The van der Waals surface area contributed by atoms with Gasteiger partial charge in [0.25, 0.3) is 0 Å². The molecule has 12 nitrogen and oxygen atoms in total. The van der Waals surface area contributed by atoms with Crippen molar-refractivity contribution in [3.8, 4) is 34.5 Å². The van der Waals surface area contributed by atoms with Gasteiger partial charge in [0.2, 0.25) is 0 Å². The third-order valence-electron chi connectivity index (χ3n) is 22.7. The molecule has 6 rings (SSSR count). The Morgan fingerprint density at radius 3 is 0.595 bits per heavy atom. The first-order valence-electron chi connectivity index (χ1n) is 46.4. The standard InChI is InChI=1S/C19H32O2.2C18H30O2.C17H28O2.2C16H26O2/c1-5-9-16(10-6-2)14-21-18-12-8-11-17(13-18)19(20)15(4)7-3;2*1-4-8-15(9-5-2)14-20-18-11-7-10-16(13-18)12-17(19)6-3;1-5-13(4)17(18)15-9-8-10-16(11-15)19-12-14(6-2)7-3;2*1-4-13(5-2)12-18-16-9-7-8-14(11-16)10-15(17)6-3/h8,11-13,15-16,19-20H,5-7,9-10,14H2,1-4H3;2*7,10-11,13,15,17,19H,4-6,8-9,12,14H2,1-3H3;8-11,13-14,17-18H,5-7,12H2,1-4H3;2*7-9,11,13,15,17H,4-6,10,12H2,1-3H3/t15-,19-;2*17-;13-,17-;2*15-/m110110/s1. The fourth-order valence-electron chi connectivity index (χ4n) is 13.6. The molecule has 8 atom stereocenters. The van der Waals surface area contributed by atoms with Crippen LogP contribution in [-0.4, -0.2) is 94.7 Å². The Morgan fingerprint density at radius 1 is 0.224 bits per heavy atom. The maximum absolute atomic E-state index is 10.3. The largest absolute Gasteiger partial charge is 0.493 e. The van der Waals surface area contributed by atoms with Gasteiger partial charge in [-0.3, -0.25) is 0 Å². The maximum atomic E-state index is 10.3. The van der Waals surface area contributed by atoms with Gasteiger partial charge in [0.15, 0.2) is 0 Å². The lowest BCUT2D eigenvalue weighted by atomic mass is 9.95. The molecule has 0 amide bonds. The number of hydrogen-bond acceptors (Lipinski definition) is 12. The minimum Gasteiger partial charge on any atom is -0.493 e. The van der Waals surface area contributed by atoms with E-state index in [1.54, 1.807) is 0 Å². The summed E-state index contributed by atoms with van der Waals surface area (Å²) >= 11 is 0. The summed E-state index contributed by atoms with van der Waals surface area (Å²) < 4.78 is 35.4. The van der Waals surface area contributed by atoms with Gasteiger partial charge in [-0.05, 0) is 243 Å². The van der Waals surface area contributed by atoms with Gasteiger partial charge in [-0.1, -0.05) is 301 Å². The zero-order valence-electron chi connectivity index (χ0n) is 77.1. The molecule has 0 spiro atoms. The molecule has 6 N–H and O–H groups in total. The zero-order chi connectivity index (χ0) is 86.3. The summed E-state index contributed by atoms with van der Waals surface area (Å²) in [6, 6.07) is 48.3. The van der Waals surface area contributed by atoms with Crippen molar-refractivity contribution in [2.45, 2.75) is 355 Å². The lowest BCUT2D eigenvalue weighted by Gasteiger charge is -2.19. The molecule has 0 aliphatic heterocycles. The molecule has 0 bridgehead atoms. The summed E-state index contributed by atoms with van der Waals surface area (Å²) in [5, 5.41) is 59.3. The summed E-state index contributed by atoms with van der Waals surface area (Å²) in [5.41, 5.74) is 6.51. The maximum Gasteiger partial charge on any atom is 0.119 e. The molecule has 6 aromatic carbocycles. The van der Waals surface area contributed by atoms with Gasteiger partial charge in [0, 0.05) is 0 Å². The van der Waals surface area contributed by atoms with E-state index in [0.29, 0.717) is 61.2 Å². The van der Waals surface area contributed by atoms with Crippen LogP contribution < -0.4 is 28.4 Å². The molecule has 0 aromatic heterocycles. The number of aliphatic hydroxyl groups excluding tert-OH is 6. The Hall–Kier alpha value is -6.12. The monoisotopic (exact) mass is 1610 g/mol. The van der Waals surface area contributed by atoms with Crippen molar-refractivity contribution >= 4 is 0 Å². The number of benzene rings is 6. The second-order valence-electron chi connectivity index (χ2n) is 32.7. The van der Waals surface area contributed by atoms with E-state index in [-0.39, 0.29) is 36.3 Å². The van der Waals surface area contributed by atoms with E-state index in [2.05, 4.69) is 135 Å². The van der Waals surface area contributed by atoms with Crippen LogP contribution in [0.5, 0.6) is 34.5 Å². The lowest BCUT2D eigenvalue weighted by Crippen LogP contribution is -2.12. The van der Waals surface area contributed by atoms with Crippen LogP contribution >= 0.6 is 0 Å².